The fraction of sp³-hybridized carbons (Fsp3) is 0.500. The Morgan fingerprint density at radius 1 is 1.44 bits per heavy atom. The summed E-state index contributed by atoms with van der Waals surface area (Å²) in [6.07, 6.45) is 1.07. The maximum atomic E-state index is 13.5. The summed E-state index contributed by atoms with van der Waals surface area (Å²) < 4.78 is 13.5. The lowest BCUT2D eigenvalue weighted by atomic mass is 10.1. The van der Waals surface area contributed by atoms with Crippen molar-refractivity contribution in [2.75, 3.05) is 33.7 Å². The molecule has 1 atom stereocenters. The fourth-order valence-electron chi connectivity index (χ4n) is 2.35. The summed E-state index contributed by atoms with van der Waals surface area (Å²) in [6, 6.07) is 6.68. The monoisotopic (exact) mass is 250 g/mol. The van der Waals surface area contributed by atoms with E-state index in [4.69, 9.17) is 0 Å². The van der Waals surface area contributed by atoms with Gasteiger partial charge in [-0.05, 0) is 32.6 Å². The van der Waals surface area contributed by atoms with Gasteiger partial charge in [-0.2, -0.15) is 0 Å². The number of Topliss-reactive ketones (excluding diaryl/α,β-unsaturated/α-hetero) is 1. The Morgan fingerprint density at radius 3 is 2.78 bits per heavy atom. The van der Waals surface area contributed by atoms with Crippen molar-refractivity contribution < 1.29 is 9.18 Å². The number of rotatable bonds is 4. The minimum Gasteiger partial charge on any atom is -0.305 e. The quantitative estimate of drug-likeness (QED) is 0.759. The zero-order valence-corrected chi connectivity index (χ0v) is 10.9. The van der Waals surface area contributed by atoms with Gasteiger partial charge in [-0.3, -0.25) is 9.69 Å². The van der Waals surface area contributed by atoms with Gasteiger partial charge in [0.05, 0.1) is 12.1 Å². The van der Waals surface area contributed by atoms with Crippen molar-refractivity contribution >= 4 is 5.78 Å². The first-order chi connectivity index (χ1) is 8.58. The lowest BCUT2D eigenvalue weighted by Crippen LogP contribution is -2.34. The van der Waals surface area contributed by atoms with Crippen LogP contribution < -0.4 is 0 Å². The number of halogens is 1. The van der Waals surface area contributed by atoms with Crippen molar-refractivity contribution in [2.45, 2.75) is 12.5 Å². The maximum absolute atomic E-state index is 13.5. The molecule has 98 valence electrons. The number of hydrogen-bond acceptors (Lipinski definition) is 3. The number of likely N-dealkylation sites (tertiary alicyclic amines) is 1. The molecule has 1 saturated heterocycles. The predicted molar refractivity (Wildman–Crippen MR) is 69.3 cm³/mol. The molecule has 1 aliphatic rings. The standard InChI is InChI=1S/C14H19FN2O/c1-16(2)11-7-8-17(9-11)10-14(18)12-5-3-4-6-13(12)15/h3-6,11H,7-10H2,1-2H3. The second kappa shape index (κ2) is 5.59. The maximum Gasteiger partial charge on any atom is 0.179 e. The molecule has 3 nitrogen and oxygen atoms in total. The average molecular weight is 250 g/mol. The van der Waals surface area contributed by atoms with Crippen LogP contribution in [0, 0.1) is 5.82 Å². The molecule has 1 fully saturated rings. The van der Waals surface area contributed by atoms with Gasteiger partial charge in [-0.15, -0.1) is 0 Å². The normalized spacial score (nSPS) is 20.6. The van der Waals surface area contributed by atoms with Crippen LogP contribution in [-0.4, -0.2) is 55.4 Å². The zero-order chi connectivity index (χ0) is 13.1. The van der Waals surface area contributed by atoms with Crippen LogP contribution in [0.3, 0.4) is 0 Å². The third-order valence-electron chi connectivity index (χ3n) is 3.52. The SMILES string of the molecule is CN(C)C1CCN(CC(=O)c2ccccc2F)C1. The van der Waals surface area contributed by atoms with Crippen LogP contribution in [0.15, 0.2) is 24.3 Å². The van der Waals surface area contributed by atoms with Crippen LogP contribution in [0.25, 0.3) is 0 Å². The van der Waals surface area contributed by atoms with Crippen molar-refractivity contribution in [2.24, 2.45) is 0 Å². The summed E-state index contributed by atoms with van der Waals surface area (Å²) in [5.74, 6) is -0.557. The summed E-state index contributed by atoms with van der Waals surface area (Å²) in [5.41, 5.74) is 0.200. The minimum absolute atomic E-state index is 0.132. The van der Waals surface area contributed by atoms with Gasteiger partial charge >= 0.3 is 0 Å². The van der Waals surface area contributed by atoms with Crippen molar-refractivity contribution in [1.29, 1.82) is 0 Å². The third kappa shape index (κ3) is 2.94. The van der Waals surface area contributed by atoms with Gasteiger partial charge in [0, 0.05) is 19.1 Å². The second-order valence-corrected chi connectivity index (χ2v) is 5.04. The third-order valence-corrected chi connectivity index (χ3v) is 3.52. The molecule has 0 amide bonds. The zero-order valence-electron chi connectivity index (χ0n) is 10.9. The first-order valence-electron chi connectivity index (χ1n) is 6.24. The first-order valence-corrected chi connectivity index (χ1v) is 6.24. The topological polar surface area (TPSA) is 23.6 Å². The second-order valence-electron chi connectivity index (χ2n) is 5.04. The van der Waals surface area contributed by atoms with Gasteiger partial charge in [0.1, 0.15) is 5.82 Å². The summed E-state index contributed by atoms with van der Waals surface area (Å²) in [4.78, 5) is 16.3. The summed E-state index contributed by atoms with van der Waals surface area (Å²) in [6.45, 7) is 2.10. The molecule has 1 heterocycles. The van der Waals surface area contributed by atoms with E-state index in [-0.39, 0.29) is 11.3 Å². The number of carbonyl (C=O) groups excluding carboxylic acids is 1. The highest BCUT2D eigenvalue weighted by Gasteiger charge is 2.26. The lowest BCUT2D eigenvalue weighted by Gasteiger charge is -2.19. The van der Waals surface area contributed by atoms with E-state index in [2.05, 4.69) is 9.80 Å². The molecule has 0 radical (unpaired) electrons. The molecule has 18 heavy (non-hydrogen) atoms. The Labute approximate surface area is 107 Å². The van der Waals surface area contributed by atoms with E-state index in [1.807, 2.05) is 14.1 Å². The van der Waals surface area contributed by atoms with Gasteiger partial charge < -0.3 is 4.90 Å². The number of hydrogen-bond donors (Lipinski definition) is 0. The van der Waals surface area contributed by atoms with E-state index in [1.165, 1.54) is 6.07 Å². The van der Waals surface area contributed by atoms with Crippen LogP contribution in [0.1, 0.15) is 16.8 Å². The molecule has 0 bridgehead atoms. The molecule has 1 unspecified atom stereocenters. The van der Waals surface area contributed by atoms with Gasteiger partial charge in [0.15, 0.2) is 5.78 Å². The van der Waals surface area contributed by atoms with E-state index >= 15 is 0 Å². The van der Waals surface area contributed by atoms with Crippen molar-refractivity contribution in [3.8, 4) is 0 Å². The molecule has 1 aromatic rings. The highest BCUT2D eigenvalue weighted by atomic mass is 19.1. The van der Waals surface area contributed by atoms with E-state index in [0.717, 1.165) is 19.5 Å². The molecule has 1 aliphatic heterocycles. The average Bonchev–Trinajstić information content (AvgIpc) is 2.78. The fourth-order valence-corrected chi connectivity index (χ4v) is 2.35. The largest absolute Gasteiger partial charge is 0.305 e. The summed E-state index contributed by atoms with van der Waals surface area (Å²) in [5, 5.41) is 0. The Kier molecular flexibility index (Phi) is 4.09. The number of benzene rings is 1. The van der Waals surface area contributed by atoms with E-state index < -0.39 is 5.82 Å². The van der Waals surface area contributed by atoms with E-state index in [9.17, 15) is 9.18 Å². The number of carbonyl (C=O) groups is 1. The first kappa shape index (κ1) is 13.2. The van der Waals surface area contributed by atoms with Crippen LogP contribution in [-0.2, 0) is 0 Å². The summed E-state index contributed by atoms with van der Waals surface area (Å²) >= 11 is 0. The molecule has 0 aromatic heterocycles. The Morgan fingerprint density at radius 2 is 2.17 bits per heavy atom. The van der Waals surface area contributed by atoms with Crippen LogP contribution >= 0.6 is 0 Å². The van der Waals surface area contributed by atoms with Crippen molar-refractivity contribution in [1.82, 2.24) is 9.80 Å². The smallest absolute Gasteiger partial charge is 0.179 e. The molecule has 2 rings (SSSR count). The Bertz CT molecular complexity index is 434. The molecule has 1 aromatic carbocycles. The van der Waals surface area contributed by atoms with Crippen LogP contribution in [0.4, 0.5) is 4.39 Å². The van der Waals surface area contributed by atoms with Gasteiger partial charge in [0.2, 0.25) is 0 Å². The highest BCUT2D eigenvalue weighted by Crippen LogP contribution is 2.15. The Balaban J connectivity index is 1.95. The lowest BCUT2D eigenvalue weighted by molar-refractivity contribution is 0.0937. The number of likely N-dealkylation sites (N-methyl/N-ethyl adjacent to an activating group) is 1. The molecular formula is C14H19FN2O. The van der Waals surface area contributed by atoms with Gasteiger partial charge in [0.25, 0.3) is 0 Å². The van der Waals surface area contributed by atoms with Gasteiger partial charge in [-0.1, -0.05) is 12.1 Å². The molecule has 4 heteroatoms. The predicted octanol–water partition coefficient (Wildman–Crippen LogP) is 1.64. The van der Waals surface area contributed by atoms with Crippen LogP contribution in [0.5, 0.6) is 0 Å². The molecule has 0 N–H and O–H groups in total. The number of ketones is 1. The molecular weight excluding hydrogens is 231 g/mol. The van der Waals surface area contributed by atoms with Gasteiger partial charge in [-0.25, -0.2) is 4.39 Å². The van der Waals surface area contributed by atoms with Crippen molar-refractivity contribution in [3.05, 3.63) is 35.6 Å². The van der Waals surface area contributed by atoms with Crippen molar-refractivity contribution in [3.63, 3.8) is 0 Å². The van der Waals surface area contributed by atoms with E-state index in [1.54, 1.807) is 18.2 Å². The molecule has 0 spiro atoms. The highest BCUT2D eigenvalue weighted by molar-refractivity contribution is 5.97. The molecule has 0 aliphatic carbocycles. The van der Waals surface area contributed by atoms with E-state index in [0.29, 0.717) is 12.6 Å². The minimum atomic E-state index is -0.425. The summed E-state index contributed by atoms with van der Waals surface area (Å²) in [7, 11) is 4.10. The molecule has 0 saturated carbocycles. The van der Waals surface area contributed by atoms with Crippen LogP contribution in [0.2, 0.25) is 0 Å². The Hall–Kier alpha value is -1.26. The number of nitrogens with zero attached hydrogens (tertiary/aromatic N) is 2.